The number of aliphatic carboxylic acids is 1. The molecule has 0 heterocycles. The number of hydrogen-bond donors (Lipinski definition) is 4. The molecule has 0 unspecified atom stereocenters. The number of aliphatic hydroxyl groups is 1. The lowest BCUT2D eigenvalue weighted by Crippen LogP contribution is -2.45. The quantitative estimate of drug-likeness (QED) is 0.318. The molecule has 0 aromatic heterocycles. The topological polar surface area (TPSA) is 153 Å². The minimum absolute atomic E-state index is 0.0179. The Hall–Kier alpha value is -4.05. The van der Waals surface area contributed by atoms with E-state index in [0.29, 0.717) is 28.3 Å². The zero-order chi connectivity index (χ0) is 31.7. The first-order valence-electron chi connectivity index (χ1n) is 14.7. The number of carbonyl (C=O) groups is 5. The van der Waals surface area contributed by atoms with Crippen molar-refractivity contribution in [2.24, 2.45) is 16.7 Å². The van der Waals surface area contributed by atoms with E-state index in [4.69, 9.17) is 5.11 Å². The zero-order valence-electron chi connectivity index (χ0n) is 25.4. The lowest BCUT2D eigenvalue weighted by atomic mass is 9.71. The number of rotatable bonds is 8. The average molecular weight is 592 g/mol. The number of benzene rings is 2. The number of carbonyl (C=O) groups excluding carboxylic acids is 4. The number of hydrogen-bond acceptors (Lipinski definition) is 6. The number of carboxylic acid groups (broad SMARTS) is 1. The van der Waals surface area contributed by atoms with E-state index < -0.39 is 29.9 Å². The van der Waals surface area contributed by atoms with Gasteiger partial charge in [0.05, 0.1) is 12.0 Å². The van der Waals surface area contributed by atoms with Crippen LogP contribution in [0, 0.1) is 16.7 Å². The van der Waals surface area contributed by atoms with Crippen molar-refractivity contribution < 1.29 is 34.2 Å². The van der Waals surface area contributed by atoms with Crippen molar-refractivity contribution in [2.75, 3.05) is 11.9 Å². The van der Waals surface area contributed by atoms with Crippen molar-refractivity contribution in [1.29, 1.82) is 0 Å². The molecule has 4 rings (SSSR count). The van der Waals surface area contributed by atoms with E-state index in [1.54, 1.807) is 61.2 Å². The minimum atomic E-state index is -1.69. The van der Waals surface area contributed by atoms with Gasteiger partial charge in [0.15, 0.2) is 17.7 Å². The Balaban J connectivity index is 1.51. The summed E-state index contributed by atoms with van der Waals surface area (Å²) in [4.78, 5) is 64.3. The van der Waals surface area contributed by atoms with Gasteiger partial charge in [-0.25, -0.2) is 9.59 Å². The van der Waals surface area contributed by atoms with Gasteiger partial charge in [0, 0.05) is 35.0 Å². The molecular weight excluding hydrogens is 550 g/mol. The fourth-order valence-electron chi connectivity index (χ4n) is 5.94. The summed E-state index contributed by atoms with van der Waals surface area (Å²) in [5.41, 5.74) is 1.27. The normalized spacial score (nSPS) is 20.2. The largest absolute Gasteiger partial charge is 0.479 e. The number of amides is 3. The number of Topliss-reactive ketones (excluding diaryl/α,β-unsaturated/α-hetero) is 2. The molecule has 1 atom stereocenters. The summed E-state index contributed by atoms with van der Waals surface area (Å²) in [5.74, 6) is -1.88. The van der Waals surface area contributed by atoms with E-state index in [-0.39, 0.29) is 35.6 Å². The van der Waals surface area contributed by atoms with E-state index in [1.807, 2.05) is 0 Å². The van der Waals surface area contributed by atoms with E-state index >= 15 is 0 Å². The predicted molar refractivity (Wildman–Crippen MR) is 161 cm³/mol. The highest BCUT2D eigenvalue weighted by molar-refractivity contribution is 6.29. The van der Waals surface area contributed by atoms with Crippen LogP contribution in [0.5, 0.6) is 0 Å². The molecule has 10 nitrogen and oxygen atoms in total. The highest BCUT2D eigenvalue weighted by atomic mass is 16.4. The van der Waals surface area contributed by atoms with Crippen LogP contribution in [-0.4, -0.2) is 63.3 Å². The third-order valence-electron chi connectivity index (χ3n) is 8.83. The van der Waals surface area contributed by atoms with Crippen LogP contribution in [0.15, 0.2) is 42.5 Å². The molecule has 0 bridgehead atoms. The van der Waals surface area contributed by atoms with Crippen LogP contribution < -0.4 is 10.6 Å². The Kier molecular flexibility index (Phi) is 9.11. The van der Waals surface area contributed by atoms with E-state index in [0.717, 1.165) is 31.2 Å². The van der Waals surface area contributed by atoms with Gasteiger partial charge in [0.25, 0.3) is 5.91 Å². The molecule has 2 aliphatic rings. The van der Waals surface area contributed by atoms with E-state index in [2.05, 4.69) is 31.4 Å². The van der Waals surface area contributed by atoms with Crippen LogP contribution in [-0.2, 0) is 11.3 Å². The Labute approximate surface area is 251 Å². The second kappa shape index (κ2) is 12.3. The SMILES string of the molecule is CC1(C)C(=O)c2ccc(NC(=O)N(Cc3ccc(C(=O)NC[C@@H](O)C(=O)O)cc3)C3CCC(C(C)(C)C)CC3)cc2C1=O. The Morgan fingerprint density at radius 3 is 2.14 bits per heavy atom. The maximum Gasteiger partial charge on any atom is 0.334 e. The number of anilines is 1. The van der Waals surface area contributed by atoms with Crippen LogP contribution in [0.1, 0.15) is 96.9 Å². The summed E-state index contributed by atoms with van der Waals surface area (Å²) < 4.78 is 0. The van der Waals surface area contributed by atoms with Gasteiger partial charge in [0.1, 0.15) is 0 Å². The van der Waals surface area contributed by atoms with Crippen LogP contribution >= 0.6 is 0 Å². The molecule has 1 saturated carbocycles. The molecule has 10 heteroatoms. The fourth-order valence-corrected chi connectivity index (χ4v) is 5.94. The zero-order valence-corrected chi connectivity index (χ0v) is 25.4. The molecule has 2 aliphatic carbocycles. The molecule has 4 N–H and O–H groups in total. The summed E-state index contributed by atoms with van der Waals surface area (Å²) in [6, 6.07) is 11.1. The molecular formula is C33H41N3O7. The van der Waals surface area contributed by atoms with Gasteiger partial charge < -0.3 is 25.7 Å². The van der Waals surface area contributed by atoms with Crippen LogP contribution in [0.3, 0.4) is 0 Å². The number of urea groups is 1. The summed E-state index contributed by atoms with van der Waals surface area (Å²) in [6.45, 7) is 9.81. The van der Waals surface area contributed by atoms with Gasteiger partial charge >= 0.3 is 12.0 Å². The minimum Gasteiger partial charge on any atom is -0.479 e. The summed E-state index contributed by atoms with van der Waals surface area (Å²) >= 11 is 0. The first-order valence-corrected chi connectivity index (χ1v) is 14.7. The lowest BCUT2D eigenvalue weighted by molar-refractivity contribution is -0.146. The maximum absolute atomic E-state index is 13.8. The maximum atomic E-state index is 13.8. The van der Waals surface area contributed by atoms with Gasteiger partial charge in [-0.05, 0) is 86.8 Å². The van der Waals surface area contributed by atoms with Gasteiger partial charge in [-0.1, -0.05) is 32.9 Å². The molecule has 0 spiro atoms. The van der Waals surface area contributed by atoms with Crippen molar-refractivity contribution in [3.63, 3.8) is 0 Å². The molecule has 0 saturated heterocycles. The standard InChI is InChI=1S/C33H41N3O7/c1-32(2,3)21-10-13-23(14-11-21)36(18-19-6-8-20(9-7-19)29(40)34-17-26(37)30(41)42)31(43)35-22-12-15-24-25(16-22)28(39)33(4,5)27(24)38/h6-9,12,15-16,21,23,26,37H,10-11,13-14,17-18H2,1-5H3,(H,34,40)(H,35,43)(H,41,42)/t21?,23?,26-/m1/s1. The summed E-state index contributed by atoms with van der Waals surface area (Å²) in [5, 5.41) is 23.6. The Morgan fingerprint density at radius 2 is 1.56 bits per heavy atom. The third-order valence-corrected chi connectivity index (χ3v) is 8.83. The number of fused-ring (bicyclic) bond motifs is 1. The Bertz CT molecular complexity index is 1420. The van der Waals surface area contributed by atoms with Crippen LogP contribution in [0.25, 0.3) is 0 Å². The molecule has 43 heavy (non-hydrogen) atoms. The number of carboxylic acids is 1. The van der Waals surface area contributed by atoms with Gasteiger partial charge in [0.2, 0.25) is 0 Å². The van der Waals surface area contributed by atoms with Crippen molar-refractivity contribution in [3.8, 4) is 0 Å². The summed E-state index contributed by atoms with van der Waals surface area (Å²) in [7, 11) is 0. The van der Waals surface area contributed by atoms with Crippen molar-refractivity contribution in [2.45, 2.75) is 79.0 Å². The highest BCUT2D eigenvalue weighted by Crippen LogP contribution is 2.40. The van der Waals surface area contributed by atoms with Crippen molar-refractivity contribution in [3.05, 3.63) is 64.7 Å². The number of nitrogens with zero attached hydrogens (tertiary/aromatic N) is 1. The first kappa shape index (κ1) is 31.9. The molecule has 0 radical (unpaired) electrons. The Morgan fingerprint density at radius 1 is 0.953 bits per heavy atom. The number of nitrogens with one attached hydrogen (secondary N) is 2. The lowest BCUT2D eigenvalue weighted by Gasteiger charge is -2.41. The first-order chi connectivity index (χ1) is 20.1. The molecule has 1 fully saturated rings. The average Bonchev–Trinajstić information content (AvgIpc) is 3.13. The van der Waals surface area contributed by atoms with Crippen LogP contribution in [0.2, 0.25) is 0 Å². The van der Waals surface area contributed by atoms with Crippen molar-refractivity contribution in [1.82, 2.24) is 10.2 Å². The van der Waals surface area contributed by atoms with Crippen LogP contribution in [0.4, 0.5) is 10.5 Å². The third kappa shape index (κ3) is 6.96. The second-order valence-corrected chi connectivity index (χ2v) is 13.2. The fraction of sp³-hybridized carbons (Fsp3) is 0.485. The number of aliphatic hydroxyl groups excluding tert-OH is 1. The van der Waals surface area contributed by atoms with E-state index in [9.17, 15) is 29.1 Å². The smallest absolute Gasteiger partial charge is 0.334 e. The van der Waals surface area contributed by atoms with Gasteiger partial charge in [-0.3, -0.25) is 14.4 Å². The molecule has 230 valence electrons. The predicted octanol–water partition coefficient (Wildman–Crippen LogP) is 4.91. The molecule has 3 amide bonds. The van der Waals surface area contributed by atoms with E-state index in [1.165, 1.54) is 0 Å². The summed E-state index contributed by atoms with van der Waals surface area (Å²) in [6.07, 6.45) is 1.97. The van der Waals surface area contributed by atoms with Crippen molar-refractivity contribution >= 4 is 35.2 Å². The number of ketones is 2. The highest BCUT2D eigenvalue weighted by Gasteiger charge is 2.45. The van der Waals surface area contributed by atoms with Gasteiger partial charge in [-0.15, -0.1) is 0 Å². The molecule has 0 aliphatic heterocycles. The second-order valence-electron chi connectivity index (χ2n) is 13.2. The molecule has 2 aromatic rings. The van der Waals surface area contributed by atoms with Gasteiger partial charge in [-0.2, -0.15) is 0 Å². The molecule has 2 aromatic carbocycles. The monoisotopic (exact) mass is 591 g/mol.